The van der Waals surface area contributed by atoms with Crippen LogP contribution in [-0.2, 0) is 15.0 Å². The van der Waals surface area contributed by atoms with Crippen LogP contribution >= 0.6 is 0 Å². The zero-order chi connectivity index (χ0) is 16.0. The molecule has 1 aliphatic rings. The van der Waals surface area contributed by atoms with Crippen molar-refractivity contribution in [2.75, 3.05) is 13.7 Å². The lowest BCUT2D eigenvalue weighted by Crippen LogP contribution is -2.43. The zero-order valence-corrected chi connectivity index (χ0v) is 12.9. The molecule has 0 saturated heterocycles. The van der Waals surface area contributed by atoms with Crippen LogP contribution in [-0.4, -0.2) is 30.6 Å². The maximum absolute atomic E-state index is 12.7. The van der Waals surface area contributed by atoms with E-state index < -0.39 is 11.4 Å². The predicted molar refractivity (Wildman–Crippen MR) is 83.0 cm³/mol. The van der Waals surface area contributed by atoms with Crippen LogP contribution in [0.2, 0.25) is 0 Å². The van der Waals surface area contributed by atoms with Gasteiger partial charge in [-0.05, 0) is 37.0 Å². The molecule has 1 saturated carbocycles. The normalized spacial score (nSPS) is 16.2. The highest BCUT2D eigenvalue weighted by Crippen LogP contribution is 2.42. The minimum Gasteiger partial charge on any atom is -0.497 e. The lowest BCUT2D eigenvalue weighted by atomic mass is 9.78. The van der Waals surface area contributed by atoms with Crippen molar-refractivity contribution in [2.45, 2.75) is 43.9 Å². The third kappa shape index (κ3) is 3.59. The summed E-state index contributed by atoms with van der Waals surface area (Å²) < 4.78 is 5.27. The van der Waals surface area contributed by atoms with E-state index in [2.05, 4.69) is 5.32 Å². The zero-order valence-electron chi connectivity index (χ0n) is 12.9. The Morgan fingerprint density at radius 3 is 2.68 bits per heavy atom. The van der Waals surface area contributed by atoms with Crippen LogP contribution in [0.3, 0.4) is 0 Å². The Morgan fingerprint density at radius 1 is 1.32 bits per heavy atom. The smallest absolute Gasteiger partial charge is 0.303 e. The number of carbonyl (C=O) groups is 2. The molecule has 1 aromatic rings. The number of carboxylic acid groups (broad SMARTS) is 1. The molecule has 1 fully saturated rings. The first kappa shape index (κ1) is 16.3. The van der Waals surface area contributed by atoms with E-state index in [1.165, 1.54) is 0 Å². The fourth-order valence-electron chi connectivity index (χ4n) is 3.16. The van der Waals surface area contributed by atoms with Crippen molar-refractivity contribution < 1.29 is 19.4 Å². The van der Waals surface area contributed by atoms with Gasteiger partial charge in [-0.1, -0.05) is 25.0 Å². The largest absolute Gasteiger partial charge is 0.497 e. The molecule has 5 nitrogen and oxygen atoms in total. The minimum atomic E-state index is -0.836. The molecule has 0 radical (unpaired) electrons. The summed E-state index contributed by atoms with van der Waals surface area (Å²) in [6.45, 7) is 0.400. The molecule has 1 aromatic carbocycles. The van der Waals surface area contributed by atoms with Gasteiger partial charge in [0.25, 0.3) is 0 Å². The van der Waals surface area contributed by atoms with Crippen LogP contribution in [0, 0.1) is 0 Å². The number of benzene rings is 1. The molecule has 1 aliphatic carbocycles. The Hall–Kier alpha value is -2.04. The number of amides is 1. The number of hydrogen-bond acceptors (Lipinski definition) is 3. The van der Waals surface area contributed by atoms with Crippen molar-refractivity contribution in [3.8, 4) is 5.75 Å². The van der Waals surface area contributed by atoms with Gasteiger partial charge in [0.15, 0.2) is 0 Å². The maximum atomic E-state index is 12.7. The lowest BCUT2D eigenvalue weighted by Gasteiger charge is -2.28. The molecule has 5 heteroatoms. The van der Waals surface area contributed by atoms with Gasteiger partial charge >= 0.3 is 5.97 Å². The van der Waals surface area contributed by atoms with Crippen LogP contribution in [0.1, 0.15) is 44.1 Å². The third-order valence-electron chi connectivity index (χ3n) is 4.37. The van der Waals surface area contributed by atoms with E-state index in [0.29, 0.717) is 13.0 Å². The average molecular weight is 305 g/mol. The second-order valence-electron chi connectivity index (χ2n) is 5.77. The van der Waals surface area contributed by atoms with E-state index in [-0.39, 0.29) is 12.3 Å². The van der Waals surface area contributed by atoms with Crippen molar-refractivity contribution >= 4 is 11.9 Å². The van der Waals surface area contributed by atoms with Crippen molar-refractivity contribution in [3.05, 3.63) is 29.8 Å². The van der Waals surface area contributed by atoms with Crippen LogP contribution in [0.5, 0.6) is 5.75 Å². The Bertz CT molecular complexity index is 535. The number of nitrogens with one attached hydrogen (secondary N) is 1. The number of methoxy groups -OCH3 is 1. The second-order valence-corrected chi connectivity index (χ2v) is 5.77. The highest BCUT2D eigenvalue weighted by Gasteiger charge is 2.42. The first-order valence-corrected chi connectivity index (χ1v) is 7.73. The first-order chi connectivity index (χ1) is 10.6. The van der Waals surface area contributed by atoms with Crippen molar-refractivity contribution in [1.29, 1.82) is 0 Å². The molecule has 0 aliphatic heterocycles. The van der Waals surface area contributed by atoms with E-state index >= 15 is 0 Å². The van der Waals surface area contributed by atoms with Crippen LogP contribution in [0.15, 0.2) is 24.3 Å². The van der Waals surface area contributed by atoms with Gasteiger partial charge in [-0.25, -0.2) is 0 Å². The highest BCUT2D eigenvalue weighted by molar-refractivity contribution is 5.88. The molecule has 0 heterocycles. The summed E-state index contributed by atoms with van der Waals surface area (Å²) in [5, 5.41) is 11.6. The molecule has 0 unspecified atom stereocenters. The van der Waals surface area contributed by atoms with Gasteiger partial charge in [0, 0.05) is 13.0 Å². The van der Waals surface area contributed by atoms with Gasteiger partial charge in [-0.3, -0.25) is 9.59 Å². The van der Waals surface area contributed by atoms with Gasteiger partial charge < -0.3 is 15.2 Å². The van der Waals surface area contributed by atoms with E-state index in [9.17, 15) is 9.59 Å². The van der Waals surface area contributed by atoms with Crippen LogP contribution in [0.4, 0.5) is 0 Å². The molecule has 22 heavy (non-hydrogen) atoms. The number of carboxylic acids is 1. The summed E-state index contributed by atoms with van der Waals surface area (Å²) in [6, 6.07) is 7.69. The van der Waals surface area contributed by atoms with Gasteiger partial charge in [-0.15, -0.1) is 0 Å². The summed E-state index contributed by atoms with van der Waals surface area (Å²) in [5.74, 6) is -0.0799. The topological polar surface area (TPSA) is 75.6 Å². The number of ether oxygens (including phenoxy) is 1. The number of carbonyl (C=O) groups excluding carboxylic acids is 1. The van der Waals surface area contributed by atoms with Crippen molar-refractivity contribution in [2.24, 2.45) is 0 Å². The second kappa shape index (κ2) is 7.29. The molecular formula is C17H23NO4. The summed E-state index contributed by atoms with van der Waals surface area (Å²) in [6.07, 6.45) is 4.23. The maximum Gasteiger partial charge on any atom is 0.303 e. The number of rotatable bonds is 7. The van der Waals surface area contributed by atoms with Gasteiger partial charge in [0.1, 0.15) is 5.75 Å². The Balaban J connectivity index is 2.10. The standard InChI is InChI=1S/C17H23NO4/c1-22-14-7-4-6-13(12-14)17(9-2-3-10-17)16(21)18-11-5-8-15(19)20/h4,6-7,12H,2-3,5,8-11H2,1H3,(H,18,21)(H,19,20). The van der Waals surface area contributed by atoms with Crippen LogP contribution in [0.25, 0.3) is 0 Å². The van der Waals surface area contributed by atoms with E-state index in [0.717, 1.165) is 37.0 Å². The molecule has 1 amide bonds. The molecule has 2 N–H and O–H groups in total. The average Bonchev–Trinajstić information content (AvgIpc) is 3.02. The first-order valence-electron chi connectivity index (χ1n) is 7.73. The SMILES string of the molecule is COc1cccc(C2(C(=O)NCCCC(=O)O)CCCC2)c1. The summed E-state index contributed by atoms with van der Waals surface area (Å²) in [4.78, 5) is 23.2. The molecule has 0 spiro atoms. The van der Waals surface area contributed by atoms with E-state index in [1.54, 1.807) is 7.11 Å². The Labute approximate surface area is 130 Å². The highest BCUT2D eigenvalue weighted by atomic mass is 16.5. The summed E-state index contributed by atoms with van der Waals surface area (Å²) in [5.41, 5.74) is 0.484. The van der Waals surface area contributed by atoms with Gasteiger partial charge in [0.05, 0.1) is 12.5 Å². The molecule has 2 rings (SSSR count). The minimum absolute atomic E-state index is 0.00337. The van der Waals surface area contributed by atoms with Gasteiger partial charge in [-0.2, -0.15) is 0 Å². The molecular weight excluding hydrogens is 282 g/mol. The fourth-order valence-corrected chi connectivity index (χ4v) is 3.16. The quantitative estimate of drug-likeness (QED) is 0.759. The summed E-state index contributed by atoms with van der Waals surface area (Å²) >= 11 is 0. The van der Waals surface area contributed by atoms with E-state index in [1.807, 2.05) is 24.3 Å². The number of hydrogen-bond donors (Lipinski definition) is 2. The van der Waals surface area contributed by atoms with E-state index in [4.69, 9.17) is 9.84 Å². The predicted octanol–water partition coefficient (Wildman–Crippen LogP) is 2.49. The van der Waals surface area contributed by atoms with Crippen LogP contribution < -0.4 is 10.1 Å². The lowest BCUT2D eigenvalue weighted by molar-refractivity contribution is -0.137. The molecule has 0 aromatic heterocycles. The van der Waals surface area contributed by atoms with Gasteiger partial charge in [0.2, 0.25) is 5.91 Å². The Morgan fingerprint density at radius 2 is 2.05 bits per heavy atom. The Kier molecular flexibility index (Phi) is 5.41. The van der Waals surface area contributed by atoms with Crippen molar-refractivity contribution in [3.63, 3.8) is 0 Å². The number of aliphatic carboxylic acids is 1. The van der Waals surface area contributed by atoms with Crippen molar-refractivity contribution in [1.82, 2.24) is 5.32 Å². The molecule has 0 bridgehead atoms. The summed E-state index contributed by atoms with van der Waals surface area (Å²) in [7, 11) is 1.62. The third-order valence-corrected chi connectivity index (χ3v) is 4.37. The fraction of sp³-hybridized carbons (Fsp3) is 0.529. The monoisotopic (exact) mass is 305 g/mol. The molecule has 0 atom stereocenters. The molecule has 120 valence electrons.